The zero-order chi connectivity index (χ0) is 17.8. The van der Waals surface area contributed by atoms with Crippen molar-refractivity contribution in [2.45, 2.75) is 12.6 Å². The number of benzene rings is 2. The van der Waals surface area contributed by atoms with Gasteiger partial charge in [-0.05, 0) is 46.7 Å². The Labute approximate surface area is 157 Å². The monoisotopic (exact) mass is 364 g/mol. The molecule has 0 radical (unpaired) electrons. The highest BCUT2D eigenvalue weighted by molar-refractivity contribution is 7.07. The van der Waals surface area contributed by atoms with Crippen LogP contribution in [0.25, 0.3) is 0 Å². The fraction of sp³-hybridized carbons (Fsp3) is 0.190. The number of hydrogen-bond donors (Lipinski definition) is 0. The van der Waals surface area contributed by atoms with Crippen molar-refractivity contribution < 1.29 is 9.53 Å². The first-order chi connectivity index (χ1) is 12.8. The first-order valence-corrected chi connectivity index (χ1v) is 9.58. The van der Waals surface area contributed by atoms with Crippen LogP contribution < -0.4 is 9.80 Å². The Balaban J connectivity index is 1.50. The molecule has 2 aromatic carbocycles. The van der Waals surface area contributed by atoms with Crippen LogP contribution in [0.5, 0.6) is 0 Å². The van der Waals surface area contributed by atoms with E-state index in [1.165, 1.54) is 5.56 Å². The molecule has 2 heterocycles. The lowest BCUT2D eigenvalue weighted by atomic mass is 10.2. The maximum atomic E-state index is 12.3. The first kappa shape index (κ1) is 16.7. The van der Waals surface area contributed by atoms with Gasteiger partial charge in [0.05, 0.1) is 13.1 Å². The second kappa shape index (κ2) is 7.62. The van der Waals surface area contributed by atoms with Gasteiger partial charge in [-0.25, -0.2) is 4.79 Å². The molecule has 1 aliphatic heterocycles. The average molecular weight is 364 g/mol. The molecule has 26 heavy (non-hydrogen) atoms. The molecule has 132 valence electrons. The van der Waals surface area contributed by atoms with Gasteiger partial charge in [-0.2, -0.15) is 11.3 Å². The number of carbonyl (C=O) groups is 1. The number of anilines is 2. The largest absolute Gasteiger partial charge is 0.442 e. The van der Waals surface area contributed by atoms with Crippen LogP contribution in [-0.2, 0) is 11.3 Å². The van der Waals surface area contributed by atoms with Crippen molar-refractivity contribution in [3.05, 3.63) is 83.1 Å². The summed E-state index contributed by atoms with van der Waals surface area (Å²) in [6, 6.07) is 22.1. The van der Waals surface area contributed by atoms with Crippen molar-refractivity contribution in [1.29, 1.82) is 0 Å². The van der Waals surface area contributed by atoms with Gasteiger partial charge in [-0.3, -0.25) is 4.90 Å². The zero-order valence-corrected chi connectivity index (χ0v) is 15.1. The van der Waals surface area contributed by atoms with Crippen molar-refractivity contribution >= 4 is 28.8 Å². The molecule has 0 spiro atoms. The Morgan fingerprint density at radius 3 is 2.46 bits per heavy atom. The highest BCUT2D eigenvalue weighted by atomic mass is 32.1. The fourth-order valence-electron chi connectivity index (χ4n) is 3.18. The Kier molecular flexibility index (Phi) is 4.88. The summed E-state index contributed by atoms with van der Waals surface area (Å²) in [4.78, 5) is 16.3. The molecule has 1 fully saturated rings. The van der Waals surface area contributed by atoms with Crippen molar-refractivity contribution in [2.24, 2.45) is 0 Å². The van der Waals surface area contributed by atoms with Crippen LogP contribution in [0, 0.1) is 0 Å². The molecule has 0 bridgehead atoms. The minimum absolute atomic E-state index is 0.165. The van der Waals surface area contributed by atoms with Crippen LogP contribution >= 0.6 is 11.3 Å². The predicted molar refractivity (Wildman–Crippen MR) is 106 cm³/mol. The van der Waals surface area contributed by atoms with Crippen molar-refractivity contribution in [3.8, 4) is 0 Å². The van der Waals surface area contributed by atoms with Crippen LogP contribution in [0.4, 0.5) is 16.2 Å². The second-order valence-electron chi connectivity index (χ2n) is 6.30. The van der Waals surface area contributed by atoms with Gasteiger partial charge in [0.1, 0.15) is 6.10 Å². The molecule has 5 heteroatoms. The molecular weight excluding hydrogens is 344 g/mol. The maximum absolute atomic E-state index is 12.3. The molecule has 3 aromatic rings. The van der Waals surface area contributed by atoms with Gasteiger partial charge < -0.3 is 9.64 Å². The number of nitrogens with zero attached hydrogens (tertiary/aromatic N) is 2. The summed E-state index contributed by atoms with van der Waals surface area (Å²) in [6.07, 6.45) is -0.439. The van der Waals surface area contributed by atoms with Crippen molar-refractivity contribution in [2.75, 3.05) is 22.9 Å². The topological polar surface area (TPSA) is 32.8 Å². The molecule has 4 nitrogen and oxygen atoms in total. The SMILES string of the molecule is O=C1OC(CN(Cc2ccsc2)c2ccccc2)CN1c1ccccc1. The molecule has 1 amide bonds. The highest BCUT2D eigenvalue weighted by Crippen LogP contribution is 2.24. The quantitative estimate of drug-likeness (QED) is 0.631. The van der Waals surface area contributed by atoms with Crippen LogP contribution in [-0.4, -0.2) is 25.3 Å². The van der Waals surface area contributed by atoms with Gasteiger partial charge >= 0.3 is 6.09 Å². The first-order valence-electron chi connectivity index (χ1n) is 8.64. The molecule has 1 atom stereocenters. The van der Waals surface area contributed by atoms with Gasteiger partial charge in [0.25, 0.3) is 0 Å². The Bertz CT molecular complexity index is 837. The standard InChI is InChI=1S/C21H20N2O2S/c24-21-23(19-9-5-2-6-10-19)15-20(25-21)14-22(13-17-11-12-26-16-17)18-7-3-1-4-8-18/h1-12,16,20H,13-15H2. The lowest BCUT2D eigenvalue weighted by Gasteiger charge is -2.26. The van der Waals surface area contributed by atoms with E-state index in [4.69, 9.17) is 4.74 Å². The minimum atomic E-state index is -0.273. The van der Waals surface area contributed by atoms with E-state index in [0.29, 0.717) is 13.1 Å². The lowest BCUT2D eigenvalue weighted by Crippen LogP contribution is -2.34. The summed E-state index contributed by atoms with van der Waals surface area (Å²) < 4.78 is 5.65. The number of hydrogen-bond acceptors (Lipinski definition) is 4. The fourth-order valence-corrected chi connectivity index (χ4v) is 3.84. The summed E-state index contributed by atoms with van der Waals surface area (Å²) in [7, 11) is 0. The van der Waals surface area contributed by atoms with Crippen molar-refractivity contribution in [3.63, 3.8) is 0 Å². The van der Waals surface area contributed by atoms with Crippen LogP contribution in [0.15, 0.2) is 77.5 Å². The third-order valence-corrected chi connectivity index (χ3v) is 5.17. The number of thiophene rings is 1. The molecule has 0 saturated carbocycles. The number of rotatable bonds is 6. The number of cyclic esters (lactones) is 1. The minimum Gasteiger partial charge on any atom is -0.442 e. The third kappa shape index (κ3) is 3.73. The summed E-state index contributed by atoms with van der Waals surface area (Å²) in [5.41, 5.74) is 3.28. The summed E-state index contributed by atoms with van der Waals surface area (Å²) in [5.74, 6) is 0. The molecule has 0 N–H and O–H groups in total. The number of carbonyl (C=O) groups excluding carboxylic acids is 1. The van der Waals surface area contributed by atoms with Gasteiger partial charge in [-0.15, -0.1) is 0 Å². The molecule has 1 aromatic heterocycles. The number of amides is 1. The molecule has 1 aliphatic rings. The van der Waals surface area contributed by atoms with Gasteiger partial charge in [0.15, 0.2) is 0 Å². The third-order valence-electron chi connectivity index (χ3n) is 4.44. The maximum Gasteiger partial charge on any atom is 0.414 e. The summed E-state index contributed by atoms with van der Waals surface area (Å²) >= 11 is 1.70. The van der Waals surface area contributed by atoms with E-state index >= 15 is 0 Å². The van der Waals surface area contributed by atoms with Gasteiger partial charge in [-0.1, -0.05) is 36.4 Å². The van der Waals surface area contributed by atoms with E-state index in [2.05, 4.69) is 33.9 Å². The Morgan fingerprint density at radius 1 is 1.04 bits per heavy atom. The second-order valence-corrected chi connectivity index (χ2v) is 7.08. The van der Waals surface area contributed by atoms with E-state index in [1.807, 2.05) is 48.5 Å². The van der Waals surface area contributed by atoms with E-state index in [-0.39, 0.29) is 12.2 Å². The molecule has 4 rings (SSSR count). The Hall–Kier alpha value is -2.79. The lowest BCUT2D eigenvalue weighted by molar-refractivity contribution is 0.143. The number of ether oxygens (including phenoxy) is 1. The van der Waals surface area contributed by atoms with E-state index in [9.17, 15) is 4.79 Å². The summed E-state index contributed by atoms with van der Waals surface area (Å²) in [6.45, 7) is 2.03. The van der Waals surface area contributed by atoms with Crippen LogP contribution in [0.1, 0.15) is 5.56 Å². The molecule has 1 saturated heterocycles. The van der Waals surface area contributed by atoms with Gasteiger partial charge in [0, 0.05) is 17.9 Å². The zero-order valence-electron chi connectivity index (χ0n) is 14.3. The van der Waals surface area contributed by atoms with Crippen LogP contribution in [0.3, 0.4) is 0 Å². The average Bonchev–Trinajstić information content (AvgIpc) is 3.32. The molecular formula is C21H20N2O2S. The molecule has 0 aliphatic carbocycles. The van der Waals surface area contributed by atoms with Crippen LogP contribution in [0.2, 0.25) is 0 Å². The molecule has 1 unspecified atom stereocenters. The Morgan fingerprint density at radius 2 is 1.77 bits per heavy atom. The van der Waals surface area contributed by atoms with Crippen molar-refractivity contribution in [1.82, 2.24) is 0 Å². The smallest absolute Gasteiger partial charge is 0.414 e. The van der Waals surface area contributed by atoms with E-state index in [0.717, 1.165) is 17.9 Å². The highest BCUT2D eigenvalue weighted by Gasteiger charge is 2.33. The number of para-hydroxylation sites is 2. The van der Waals surface area contributed by atoms with Gasteiger partial charge in [0.2, 0.25) is 0 Å². The normalized spacial score (nSPS) is 16.5. The summed E-state index contributed by atoms with van der Waals surface area (Å²) in [5, 5.41) is 4.25. The van der Waals surface area contributed by atoms with E-state index in [1.54, 1.807) is 16.2 Å². The predicted octanol–water partition coefficient (Wildman–Crippen LogP) is 4.78. The van der Waals surface area contributed by atoms with E-state index < -0.39 is 0 Å².